The molecule has 17 heavy (non-hydrogen) atoms. The van der Waals surface area contributed by atoms with Gasteiger partial charge in [-0.05, 0) is 19.1 Å². The van der Waals surface area contributed by atoms with E-state index in [9.17, 15) is 4.79 Å². The SMILES string of the molecule is CC.CC(=O)CC1CSc2ccccc2N1C. The summed E-state index contributed by atoms with van der Waals surface area (Å²) in [7, 11) is 2.08. The van der Waals surface area contributed by atoms with Crippen LogP contribution in [0.5, 0.6) is 0 Å². The molecule has 0 saturated carbocycles. The van der Waals surface area contributed by atoms with Crippen molar-refractivity contribution < 1.29 is 4.79 Å². The maximum atomic E-state index is 11.1. The van der Waals surface area contributed by atoms with Gasteiger partial charge in [0.1, 0.15) is 5.78 Å². The molecule has 1 aliphatic rings. The van der Waals surface area contributed by atoms with E-state index in [0.717, 1.165) is 5.75 Å². The minimum absolute atomic E-state index is 0.270. The van der Waals surface area contributed by atoms with Crippen LogP contribution < -0.4 is 4.90 Å². The molecule has 3 heteroatoms. The number of anilines is 1. The predicted octanol–water partition coefficient (Wildman–Crippen LogP) is 3.60. The van der Waals surface area contributed by atoms with Crippen LogP contribution in [0.2, 0.25) is 0 Å². The maximum Gasteiger partial charge on any atom is 0.131 e. The number of fused-ring (bicyclic) bond motifs is 1. The number of para-hydroxylation sites is 1. The van der Waals surface area contributed by atoms with Crippen molar-refractivity contribution in [2.24, 2.45) is 0 Å². The van der Waals surface area contributed by atoms with Gasteiger partial charge in [-0.1, -0.05) is 26.0 Å². The lowest BCUT2D eigenvalue weighted by Crippen LogP contribution is -2.37. The van der Waals surface area contributed by atoms with Gasteiger partial charge in [0.2, 0.25) is 0 Å². The number of nitrogens with zero attached hydrogens (tertiary/aromatic N) is 1. The molecule has 2 rings (SSSR count). The maximum absolute atomic E-state index is 11.1. The van der Waals surface area contributed by atoms with Crippen molar-refractivity contribution >= 4 is 23.2 Å². The lowest BCUT2D eigenvalue weighted by Gasteiger charge is -2.35. The van der Waals surface area contributed by atoms with Crippen LogP contribution >= 0.6 is 11.8 Å². The Kier molecular flexibility index (Phi) is 5.56. The predicted molar refractivity (Wildman–Crippen MR) is 76.0 cm³/mol. The molecular weight excluding hydrogens is 230 g/mol. The van der Waals surface area contributed by atoms with E-state index < -0.39 is 0 Å². The lowest BCUT2D eigenvalue weighted by molar-refractivity contribution is -0.117. The molecule has 1 unspecified atom stereocenters. The quantitative estimate of drug-likeness (QED) is 0.801. The number of carbonyl (C=O) groups is 1. The van der Waals surface area contributed by atoms with E-state index in [0.29, 0.717) is 12.5 Å². The molecule has 2 nitrogen and oxygen atoms in total. The Balaban J connectivity index is 0.000000686. The second-order valence-electron chi connectivity index (χ2n) is 3.95. The Morgan fingerprint density at radius 2 is 2.06 bits per heavy atom. The summed E-state index contributed by atoms with van der Waals surface area (Å²) in [5.41, 5.74) is 1.25. The molecule has 0 N–H and O–H groups in total. The van der Waals surface area contributed by atoms with Crippen LogP contribution in [-0.2, 0) is 4.79 Å². The first-order valence-corrected chi connectivity index (χ1v) is 7.11. The van der Waals surface area contributed by atoms with E-state index >= 15 is 0 Å². The summed E-state index contributed by atoms with van der Waals surface area (Å²) in [5, 5.41) is 0. The number of rotatable bonds is 2. The van der Waals surface area contributed by atoms with Crippen LogP contribution in [-0.4, -0.2) is 24.6 Å². The van der Waals surface area contributed by atoms with E-state index in [2.05, 4.69) is 30.1 Å². The average molecular weight is 251 g/mol. The van der Waals surface area contributed by atoms with Crippen molar-refractivity contribution in [3.63, 3.8) is 0 Å². The second-order valence-corrected chi connectivity index (χ2v) is 5.01. The number of hydrogen-bond acceptors (Lipinski definition) is 3. The molecule has 1 aromatic carbocycles. The third kappa shape index (κ3) is 3.50. The van der Waals surface area contributed by atoms with Crippen LogP contribution in [0.3, 0.4) is 0 Å². The molecule has 1 aromatic rings. The van der Waals surface area contributed by atoms with Gasteiger partial charge < -0.3 is 4.90 Å². The minimum Gasteiger partial charge on any atom is -0.369 e. The van der Waals surface area contributed by atoms with Gasteiger partial charge in [-0.3, -0.25) is 4.79 Å². The highest BCUT2D eigenvalue weighted by Crippen LogP contribution is 2.36. The zero-order chi connectivity index (χ0) is 12.8. The van der Waals surface area contributed by atoms with Crippen LogP contribution in [0.4, 0.5) is 5.69 Å². The lowest BCUT2D eigenvalue weighted by atomic mass is 10.1. The van der Waals surface area contributed by atoms with E-state index in [1.165, 1.54) is 10.6 Å². The highest BCUT2D eigenvalue weighted by Gasteiger charge is 2.24. The number of carbonyl (C=O) groups excluding carboxylic acids is 1. The fourth-order valence-electron chi connectivity index (χ4n) is 1.89. The van der Waals surface area contributed by atoms with Crippen molar-refractivity contribution in [2.45, 2.75) is 38.1 Å². The van der Waals surface area contributed by atoms with E-state index in [1.54, 1.807) is 6.92 Å². The van der Waals surface area contributed by atoms with E-state index in [1.807, 2.05) is 31.7 Å². The van der Waals surface area contributed by atoms with Gasteiger partial charge in [0.15, 0.2) is 0 Å². The highest BCUT2D eigenvalue weighted by molar-refractivity contribution is 7.99. The topological polar surface area (TPSA) is 20.3 Å². The van der Waals surface area contributed by atoms with Gasteiger partial charge in [-0.15, -0.1) is 11.8 Å². The number of ketones is 1. The van der Waals surface area contributed by atoms with Gasteiger partial charge in [-0.25, -0.2) is 0 Å². The molecule has 1 aliphatic heterocycles. The first-order chi connectivity index (χ1) is 8.18. The smallest absolute Gasteiger partial charge is 0.131 e. The fourth-order valence-corrected chi connectivity index (χ4v) is 3.14. The van der Waals surface area contributed by atoms with Gasteiger partial charge in [0.25, 0.3) is 0 Å². The van der Waals surface area contributed by atoms with Crippen molar-refractivity contribution in [1.29, 1.82) is 0 Å². The molecule has 0 amide bonds. The summed E-state index contributed by atoms with van der Waals surface area (Å²) in [4.78, 5) is 14.7. The largest absolute Gasteiger partial charge is 0.369 e. The summed E-state index contributed by atoms with van der Waals surface area (Å²) in [6, 6.07) is 8.72. The van der Waals surface area contributed by atoms with Crippen molar-refractivity contribution in [1.82, 2.24) is 0 Å². The Hall–Kier alpha value is -0.960. The molecule has 0 aliphatic carbocycles. The van der Waals surface area contributed by atoms with Crippen molar-refractivity contribution in [3.05, 3.63) is 24.3 Å². The molecule has 0 spiro atoms. The van der Waals surface area contributed by atoms with Gasteiger partial charge >= 0.3 is 0 Å². The first-order valence-electron chi connectivity index (χ1n) is 6.12. The molecule has 94 valence electrons. The van der Waals surface area contributed by atoms with Gasteiger partial charge in [0, 0.05) is 30.2 Å². The van der Waals surface area contributed by atoms with Crippen molar-refractivity contribution in [2.75, 3.05) is 17.7 Å². The number of thioether (sulfide) groups is 1. The highest BCUT2D eigenvalue weighted by atomic mass is 32.2. The minimum atomic E-state index is 0.270. The van der Waals surface area contributed by atoms with Crippen LogP contribution in [0.1, 0.15) is 27.2 Å². The molecular formula is C14H21NOS. The molecule has 0 aromatic heterocycles. The second kappa shape index (κ2) is 6.70. The fraction of sp³-hybridized carbons (Fsp3) is 0.500. The van der Waals surface area contributed by atoms with Gasteiger partial charge in [0.05, 0.1) is 5.69 Å². The monoisotopic (exact) mass is 251 g/mol. The Morgan fingerprint density at radius 3 is 2.71 bits per heavy atom. The first kappa shape index (κ1) is 14.1. The Labute approximate surface area is 108 Å². The molecule has 1 atom stereocenters. The standard InChI is InChI=1S/C12H15NOS.C2H6/c1-9(14)7-10-8-15-12-6-4-3-5-11(12)13(10)2;1-2/h3-6,10H,7-8H2,1-2H3;1-2H3. The molecule has 0 saturated heterocycles. The normalized spacial score (nSPS) is 17.9. The Morgan fingerprint density at radius 1 is 1.41 bits per heavy atom. The average Bonchev–Trinajstić information content (AvgIpc) is 2.35. The summed E-state index contributed by atoms with van der Waals surface area (Å²) >= 11 is 1.85. The van der Waals surface area contributed by atoms with Crippen LogP contribution in [0, 0.1) is 0 Å². The summed E-state index contributed by atoms with van der Waals surface area (Å²) < 4.78 is 0. The molecule has 1 heterocycles. The number of benzene rings is 1. The number of Topliss-reactive ketones (excluding diaryl/α,β-unsaturated/α-hetero) is 1. The Bertz CT molecular complexity index is 378. The van der Waals surface area contributed by atoms with Crippen molar-refractivity contribution in [3.8, 4) is 0 Å². The third-order valence-corrected chi connectivity index (χ3v) is 3.95. The number of hydrogen-bond donors (Lipinski definition) is 0. The van der Waals surface area contributed by atoms with Crippen LogP contribution in [0.25, 0.3) is 0 Å². The molecule has 0 fully saturated rings. The summed E-state index contributed by atoms with van der Waals surface area (Å²) in [6.45, 7) is 5.67. The van der Waals surface area contributed by atoms with E-state index in [4.69, 9.17) is 0 Å². The van der Waals surface area contributed by atoms with E-state index in [-0.39, 0.29) is 5.78 Å². The zero-order valence-corrected chi connectivity index (χ0v) is 11.9. The molecule has 0 bridgehead atoms. The van der Waals surface area contributed by atoms with Gasteiger partial charge in [-0.2, -0.15) is 0 Å². The zero-order valence-electron chi connectivity index (χ0n) is 11.1. The summed E-state index contributed by atoms with van der Waals surface area (Å²) in [5.74, 6) is 1.28. The third-order valence-electron chi connectivity index (χ3n) is 2.75. The van der Waals surface area contributed by atoms with Crippen LogP contribution in [0.15, 0.2) is 29.2 Å². The summed E-state index contributed by atoms with van der Waals surface area (Å²) in [6.07, 6.45) is 0.651. The molecule has 0 radical (unpaired) electrons.